The van der Waals surface area contributed by atoms with Gasteiger partial charge in [0.05, 0.1) is 11.1 Å². The van der Waals surface area contributed by atoms with E-state index in [1.54, 1.807) is 24.3 Å². The Balaban J connectivity index is 1.48. The van der Waals surface area contributed by atoms with Gasteiger partial charge in [0.1, 0.15) is 0 Å². The lowest BCUT2D eigenvalue weighted by atomic mass is 9.94. The Kier molecular flexibility index (Phi) is 4.36. The zero-order chi connectivity index (χ0) is 18.0. The smallest absolute Gasteiger partial charge is 0.255 e. The fourth-order valence-electron chi connectivity index (χ4n) is 3.38. The third-order valence-electron chi connectivity index (χ3n) is 4.65. The van der Waals surface area contributed by atoms with Crippen LogP contribution < -0.4 is 14.2 Å². The van der Waals surface area contributed by atoms with E-state index >= 15 is 0 Å². The lowest BCUT2D eigenvalue weighted by Crippen LogP contribution is -2.40. The lowest BCUT2D eigenvalue weighted by molar-refractivity contribution is -0.105. The second kappa shape index (κ2) is 6.68. The van der Waals surface area contributed by atoms with Crippen molar-refractivity contribution in [2.75, 3.05) is 4.72 Å². The molecule has 0 radical (unpaired) electrons. The monoisotopic (exact) mass is 371 g/mol. The predicted octanol–water partition coefficient (Wildman–Crippen LogP) is 4.53. The van der Waals surface area contributed by atoms with Crippen molar-refractivity contribution in [2.24, 2.45) is 0 Å². The first-order chi connectivity index (χ1) is 12.5. The first-order valence-corrected chi connectivity index (χ1v) is 10.4. The van der Waals surface area contributed by atoms with Gasteiger partial charge in [-0.05, 0) is 36.6 Å². The van der Waals surface area contributed by atoms with Gasteiger partial charge in [0, 0.05) is 18.9 Å². The molecule has 2 aliphatic rings. The molecule has 4 rings (SSSR count). The van der Waals surface area contributed by atoms with Crippen molar-refractivity contribution in [3.05, 3.63) is 59.5 Å². The maximum atomic E-state index is 12.3. The van der Waals surface area contributed by atoms with Crippen LogP contribution in [0.3, 0.4) is 0 Å². The van der Waals surface area contributed by atoms with E-state index in [-0.39, 0.29) is 0 Å². The van der Waals surface area contributed by atoms with Crippen molar-refractivity contribution in [3.8, 4) is 11.5 Å². The molecule has 5 nitrogen and oxygen atoms in total. The van der Waals surface area contributed by atoms with Crippen molar-refractivity contribution in [3.63, 3.8) is 0 Å². The number of hydrogen-bond donors (Lipinski definition) is 1. The van der Waals surface area contributed by atoms with Crippen LogP contribution in [0.2, 0.25) is 0 Å². The van der Waals surface area contributed by atoms with Crippen LogP contribution in [0.25, 0.3) is 6.08 Å². The molecule has 1 N–H and O–H groups in total. The summed E-state index contributed by atoms with van der Waals surface area (Å²) in [6.45, 7) is 0. The molecule has 1 fully saturated rings. The largest absolute Gasteiger partial charge is 0.448 e. The summed E-state index contributed by atoms with van der Waals surface area (Å²) in [7, 11) is -3.61. The van der Waals surface area contributed by atoms with E-state index in [1.807, 2.05) is 30.3 Å². The van der Waals surface area contributed by atoms with Gasteiger partial charge in [0.25, 0.3) is 15.8 Å². The summed E-state index contributed by atoms with van der Waals surface area (Å²) in [5.74, 6) is 0.708. The zero-order valence-corrected chi connectivity index (χ0v) is 15.2. The average molecular weight is 371 g/mol. The minimum atomic E-state index is -3.61. The van der Waals surface area contributed by atoms with Gasteiger partial charge < -0.3 is 9.47 Å². The molecule has 0 unspecified atom stereocenters. The van der Waals surface area contributed by atoms with Crippen LogP contribution in [0.15, 0.2) is 53.9 Å². The second-order valence-electron chi connectivity index (χ2n) is 6.70. The van der Waals surface area contributed by atoms with Gasteiger partial charge in [0.15, 0.2) is 11.5 Å². The van der Waals surface area contributed by atoms with E-state index in [9.17, 15) is 8.42 Å². The van der Waals surface area contributed by atoms with Crippen molar-refractivity contribution in [1.29, 1.82) is 0 Å². The number of ether oxygens (including phenoxy) is 2. The summed E-state index contributed by atoms with van der Waals surface area (Å²) in [6.07, 6.45) is 6.65. The molecule has 1 saturated carbocycles. The summed E-state index contributed by atoms with van der Waals surface area (Å²) in [4.78, 5) is 0. The summed E-state index contributed by atoms with van der Waals surface area (Å²) >= 11 is 0. The van der Waals surface area contributed by atoms with E-state index in [4.69, 9.17) is 9.47 Å². The molecule has 2 aromatic carbocycles. The van der Waals surface area contributed by atoms with Crippen LogP contribution in [0.4, 0.5) is 5.69 Å². The van der Waals surface area contributed by atoms with Gasteiger partial charge >= 0.3 is 0 Å². The number of nitrogens with one attached hydrogen (secondary N) is 1. The molecule has 0 amide bonds. The first-order valence-electron chi connectivity index (χ1n) is 8.82. The fraction of sp³-hybridized carbons (Fsp3) is 0.300. The van der Waals surface area contributed by atoms with Crippen LogP contribution in [-0.2, 0) is 10.0 Å². The molecule has 2 aromatic rings. The van der Waals surface area contributed by atoms with Crippen molar-refractivity contribution in [1.82, 2.24) is 0 Å². The van der Waals surface area contributed by atoms with Gasteiger partial charge in [-0.3, -0.25) is 4.72 Å². The van der Waals surface area contributed by atoms with Crippen LogP contribution in [0.1, 0.15) is 37.7 Å². The molecular weight excluding hydrogens is 350 g/mol. The van der Waals surface area contributed by atoms with E-state index < -0.39 is 15.8 Å². The minimum absolute atomic E-state index is 0.456. The van der Waals surface area contributed by atoms with Crippen LogP contribution in [-0.4, -0.2) is 14.2 Å². The highest BCUT2D eigenvalue weighted by Crippen LogP contribution is 2.46. The third-order valence-corrected chi connectivity index (χ3v) is 5.66. The molecule has 0 aromatic heterocycles. The Morgan fingerprint density at radius 1 is 0.923 bits per heavy atom. The van der Waals surface area contributed by atoms with Gasteiger partial charge in [-0.15, -0.1) is 0 Å². The minimum Gasteiger partial charge on any atom is -0.448 e. The van der Waals surface area contributed by atoms with Crippen molar-refractivity contribution < 1.29 is 17.9 Å². The SMILES string of the molecule is O=S(=O)(C=Cc1ccccc1)Nc1ccc2c(c1)OC1(CCCCC1)O2. The average Bonchev–Trinajstić information content (AvgIpc) is 2.98. The van der Waals surface area contributed by atoms with E-state index in [1.165, 1.54) is 6.42 Å². The number of hydrogen-bond acceptors (Lipinski definition) is 4. The quantitative estimate of drug-likeness (QED) is 0.857. The highest BCUT2D eigenvalue weighted by atomic mass is 32.2. The van der Waals surface area contributed by atoms with Gasteiger partial charge in [-0.25, -0.2) is 8.42 Å². The molecule has 1 spiro atoms. The fourth-order valence-corrected chi connectivity index (χ4v) is 4.24. The molecule has 1 aliphatic heterocycles. The maximum absolute atomic E-state index is 12.3. The molecule has 0 saturated heterocycles. The Morgan fingerprint density at radius 3 is 2.42 bits per heavy atom. The lowest BCUT2D eigenvalue weighted by Gasteiger charge is -2.31. The second-order valence-corrected chi connectivity index (χ2v) is 8.26. The number of anilines is 1. The van der Waals surface area contributed by atoms with Crippen molar-refractivity contribution >= 4 is 21.8 Å². The Hall–Kier alpha value is -2.47. The predicted molar refractivity (Wildman–Crippen MR) is 102 cm³/mol. The highest BCUT2D eigenvalue weighted by molar-refractivity contribution is 7.95. The van der Waals surface area contributed by atoms with Crippen molar-refractivity contribution in [2.45, 2.75) is 37.9 Å². The van der Waals surface area contributed by atoms with E-state index in [0.717, 1.165) is 36.7 Å². The third kappa shape index (κ3) is 3.70. The Labute approximate surface area is 153 Å². The normalized spacial score (nSPS) is 18.3. The summed E-state index contributed by atoms with van der Waals surface area (Å²) in [5, 5.41) is 1.16. The highest BCUT2D eigenvalue weighted by Gasteiger charge is 2.42. The summed E-state index contributed by atoms with van der Waals surface area (Å²) in [6, 6.07) is 14.4. The first kappa shape index (κ1) is 17.0. The number of benzene rings is 2. The van der Waals surface area contributed by atoms with Gasteiger partial charge in [-0.1, -0.05) is 36.8 Å². The van der Waals surface area contributed by atoms with Crippen LogP contribution >= 0.6 is 0 Å². The Morgan fingerprint density at radius 2 is 1.65 bits per heavy atom. The number of sulfonamides is 1. The molecule has 26 heavy (non-hydrogen) atoms. The molecular formula is C20H21NO4S. The zero-order valence-electron chi connectivity index (χ0n) is 14.4. The molecule has 0 bridgehead atoms. The Bertz CT molecular complexity index is 916. The standard InChI is InChI=1S/C20H21NO4S/c22-26(23,14-11-16-7-3-1-4-8-16)21-17-9-10-18-19(15-17)25-20(24-18)12-5-2-6-13-20/h1,3-4,7-11,14-15,21H,2,5-6,12-13H2. The van der Waals surface area contributed by atoms with E-state index in [0.29, 0.717) is 17.2 Å². The summed E-state index contributed by atoms with van der Waals surface area (Å²) < 4.78 is 39.2. The van der Waals surface area contributed by atoms with Crippen LogP contribution in [0, 0.1) is 0 Å². The summed E-state index contributed by atoms with van der Waals surface area (Å²) in [5.41, 5.74) is 1.28. The van der Waals surface area contributed by atoms with E-state index in [2.05, 4.69) is 4.72 Å². The molecule has 136 valence electrons. The maximum Gasteiger partial charge on any atom is 0.255 e. The topological polar surface area (TPSA) is 64.6 Å². The number of rotatable bonds is 4. The van der Waals surface area contributed by atoms with Gasteiger partial charge in [0.2, 0.25) is 0 Å². The van der Waals surface area contributed by atoms with Crippen LogP contribution in [0.5, 0.6) is 11.5 Å². The molecule has 1 aliphatic carbocycles. The molecule has 0 atom stereocenters. The molecule has 6 heteroatoms. The number of fused-ring (bicyclic) bond motifs is 1. The molecule has 1 heterocycles. The van der Waals surface area contributed by atoms with Gasteiger partial charge in [-0.2, -0.15) is 0 Å².